The van der Waals surface area contributed by atoms with Crippen LogP contribution in [0.4, 0.5) is 0 Å². The summed E-state index contributed by atoms with van der Waals surface area (Å²) in [4.78, 5) is 12.1. The molecule has 96 valence electrons. The third kappa shape index (κ3) is 1.75. The van der Waals surface area contributed by atoms with Crippen molar-refractivity contribution in [3.05, 3.63) is 48.5 Å². The number of hydrogen-bond donors (Lipinski definition) is 0. The molecule has 3 aromatic rings. The molecule has 3 rings (SSSR count). The molecule has 0 saturated heterocycles. The molecule has 0 spiro atoms. The van der Waals surface area contributed by atoms with Crippen LogP contribution in [-0.2, 0) is 4.79 Å². The van der Waals surface area contributed by atoms with E-state index in [9.17, 15) is 4.79 Å². The van der Waals surface area contributed by atoms with Crippen molar-refractivity contribution in [2.75, 3.05) is 0 Å². The SMILES string of the molecule is CCC(=O)C(C)n1c2ccccc2c2ccccc21. The van der Waals surface area contributed by atoms with Crippen LogP contribution < -0.4 is 0 Å². The van der Waals surface area contributed by atoms with Crippen LogP contribution in [0.1, 0.15) is 26.3 Å². The minimum Gasteiger partial charge on any atom is -0.330 e. The van der Waals surface area contributed by atoms with E-state index < -0.39 is 0 Å². The molecule has 0 N–H and O–H groups in total. The largest absolute Gasteiger partial charge is 0.330 e. The summed E-state index contributed by atoms with van der Waals surface area (Å²) in [7, 11) is 0. The maximum atomic E-state index is 12.1. The topological polar surface area (TPSA) is 22.0 Å². The lowest BCUT2D eigenvalue weighted by Crippen LogP contribution is -2.15. The molecule has 2 nitrogen and oxygen atoms in total. The Hall–Kier alpha value is -2.09. The minimum absolute atomic E-state index is 0.116. The maximum Gasteiger partial charge on any atom is 0.155 e. The third-order valence-corrected chi connectivity index (χ3v) is 3.82. The number of ketones is 1. The van der Waals surface area contributed by atoms with Gasteiger partial charge in [-0.3, -0.25) is 4.79 Å². The zero-order chi connectivity index (χ0) is 13.4. The molecule has 0 aliphatic rings. The highest BCUT2D eigenvalue weighted by molar-refractivity contribution is 6.09. The molecule has 1 aromatic heterocycles. The van der Waals surface area contributed by atoms with Gasteiger partial charge in [0.25, 0.3) is 0 Å². The van der Waals surface area contributed by atoms with Gasteiger partial charge in [-0.2, -0.15) is 0 Å². The molecule has 0 radical (unpaired) electrons. The fraction of sp³-hybridized carbons (Fsp3) is 0.235. The van der Waals surface area contributed by atoms with Crippen LogP contribution in [0, 0.1) is 0 Å². The van der Waals surface area contributed by atoms with Gasteiger partial charge in [0.05, 0.1) is 6.04 Å². The molecule has 0 aliphatic carbocycles. The van der Waals surface area contributed by atoms with Crippen LogP contribution >= 0.6 is 0 Å². The van der Waals surface area contributed by atoms with Gasteiger partial charge in [-0.05, 0) is 19.1 Å². The van der Waals surface area contributed by atoms with E-state index in [4.69, 9.17) is 0 Å². The van der Waals surface area contributed by atoms with Crippen LogP contribution in [0.25, 0.3) is 21.8 Å². The van der Waals surface area contributed by atoms with Crippen molar-refractivity contribution in [3.63, 3.8) is 0 Å². The lowest BCUT2D eigenvalue weighted by molar-refractivity contribution is -0.121. The summed E-state index contributed by atoms with van der Waals surface area (Å²) < 4.78 is 2.16. The molecule has 19 heavy (non-hydrogen) atoms. The van der Waals surface area contributed by atoms with Crippen molar-refractivity contribution in [2.24, 2.45) is 0 Å². The zero-order valence-corrected chi connectivity index (χ0v) is 11.3. The van der Waals surface area contributed by atoms with Crippen molar-refractivity contribution < 1.29 is 4.79 Å². The Morgan fingerprint density at radius 3 is 1.95 bits per heavy atom. The first-order valence-corrected chi connectivity index (χ1v) is 6.74. The van der Waals surface area contributed by atoms with Crippen molar-refractivity contribution in [1.29, 1.82) is 0 Å². The molecule has 0 saturated carbocycles. The highest BCUT2D eigenvalue weighted by Crippen LogP contribution is 2.31. The molecule has 0 amide bonds. The van der Waals surface area contributed by atoms with Crippen molar-refractivity contribution in [2.45, 2.75) is 26.3 Å². The first-order chi connectivity index (χ1) is 9.24. The fourth-order valence-corrected chi connectivity index (χ4v) is 2.81. The Balaban J connectivity index is 2.40. The first-order valence-electron chi connectivity index (χ1n) is 6.74. The lowest BCUT2D eigenvalue weighted by atomic mass is 10.1. The average molecular weight is 251 g/mol. The lowest BCUT2D eigenvalue weighted by Gasteiger charge is -2.14. The first kappa shape index (κ1) is 12.0. The van der Waals surface area contributed by atoms with Crippen LogP contribution in [0.3, 0.4) is 0 Å². The average Bonchev–Trinajstić information content (AvgIpc) is 2.80. The van der Waals surface area contributed by atoms with Gasteiger partial charge >= 0.3 is 0 Å². The Kier molecular flexibility index (Phi) is 2.86. The molecule has 0 bridgehead atoms. The quantitative estimate of drug-likeness (QED) is 0.679. The molecule has 2 aromatic carbocycles. The number of nitrogens with zero attached hydrogens (tertiary/aromatic N) is 1. The highest BCUT2D eigenvalue weighted by Gasteiger charge is 2.18. The van der Waals surface area contributed by atoms with Gasteiger partial charge in [-0.1, -0.05) is 43.3 Å². The molecular formula is C17H17NO. The molecule has 2 heteroatoms. The number of aromatic nitrogens is 1. The number of carbonyl (C=O) groups is 1. The van der Waals surface area contributed by atoms with Gasteiger partial charge in [-0.25, -0.2) is 0 Å². The van der Waals surface area contributed by atoms with Crippen molar-refractivity contribution in [3.8, 4) is 0 Å². The zero-order valence-electron chi connectivity index (χ0n) is 11.3. The smallest absolute Gasteiger partial charge is 0.155 e. The van der Waals surface area contributed by atoms with E-state index in [-0.39, 0.29) is 11.8 Å². The predicted molar refractivity (Wildman–Crippen MR) is 79.5 cm³/mol. The molecule has 1 heterocycles. The van der Waals surface area contributed by atoms with E-state index >= 15 is 0 Å². The fourth-order valence-electron chi connectivity index (χ4n) is 2.81. The number of hydrogen-bond acceptors (Lipinski definition) is 1. The summed E-state index contributed by atoms with van der Waals surface area (Å²) in [6.45, 7) is 3.91. The Morgan fingerprint density at radius 1 is 1.00 bits per heavy atom. The number of rotatable bonds is 3. The van der Waals surface area contributed by atoms with Gasteiger partial charge in [0, 0.05) is 28.2 Å². The summed E-state index contributed by atoms with van der Waals surface area (Å²) in [5.41, 5.74) is 2.27. The van der Waals surface area contributed by atoms with Gasteiger partial charge in [0.2, 0.25) is 0 Å². The van der Waals surface area contributed by atoms with E-state index in [1.165, 1.54) is 10.8 Å². The molecule has 0 aliphatic heterocycles. The summed E-state index contributed by atoms with van der Waals surface area (Å²) in [6.07, 6.45) is 0.571. The second-order valence-corrected chi connectivity index (χ2v) is 4.90. The minimum atomic E-state index is -0.116. The number of para-hydroxylation sites is 2. The van der Waals surface area contributed by atoms with Crippen LogP contribution in [0.2, 0.25) is 0 Å². The monoisotopic (exact) mass is 251 g/mol. The number of carbonyl (C=O) groups excluding carboxylic acids is 1. The van der Waals surface area contributed by atoms with Gasteiger partial charge < -0.3 is 4.57 Å². The van der Waals surface area contributed by atoms with E-state index in [0.29, 0.717) is 6.42 Å². The summed E-state index contributed by atoms with van der Waals surface area (Å²) >= 11 is 0. The third-order valence-electron chi connectivity index (χ3n) is 3.82. The number of Topliss-reactive ketones (excluding diaryl/α,β-unsaturated/α-hetero) is 1. The standard InChI is InChI=1S/C17H17NO/c1-3-17(19)12(2)18-15-10-6-4-8-13(15)14-9-5-7-11-16(14)18/h4-12H,3H2,1-2H3. The van der Waals surface area contributed by atoms with E-state index in [1.807, 2.05) is 38.1 Å². The number of fused-ring (bicyclic) bond motifs is 3. The van der Waals surface area contributed by atoms with Gasteiger partial charge in [0.1, 0.15) is 0 Å². The van der Waals surface area contributed by atoms with Crippen molar-refractivity contribution in [1.82, 2.24) is 4.57 Å². The Labute approximate surface area is 112 Å². The summed E-state index contributed by atoms with van der Waals surface area (Å²) in [6, 6.07) is 16.5. The second kappa shape index (κ2) is 4.54. The van der Waals surface area contributed by atoms with Crippen LogP contribution in [0.5, 0.6) is 0 Å². The highest BCUT2D eigenvalue weighted by atomic mass is 16.1. The molecule has 0 fully saturated rings. The predicted octanol–water partition coefficient (Wildman–Crippen LogP) is 4.33. The number of benzene rings is 2. The van der Waals surface area contributed by atoms with Gasteiger partial charge in [-0.15, -0.1) is 0 Å². The van der Waals surface area contributed by atoms with E-state index in [0.717, 1.165) is 11.0 Å². The van der Waals surface area contributed by atoms with E-state index in [2.05, 4.69) is 28.8 Å². The molecule has 1 unspecified atom stereocenters. The van der Waals surface area contributed by atoms with Gasteiger partial charge in [0.15, 0.2) is 5.78 Å². The summed E-state index contributed by atoms with van der Waals surface area (Å²) in [5, 5.41) is 2.43. The van der Waals surface area contributed by atoms with Crippen LogP contribution in [-0.4, -0.2) is 10.4 Å². The van der Waals surface area contributed by atoms with E-state index in [1.54, 1.807) is 0 Å². The van der Waals surface area contributed by atoms with Crippen molar-refractivity contribution >= 4 is 27.6 Å². The Morgan fingerprint density at radius 2 is 1.47 bits per heavy atom. The summed E-state index contributed by atoms with van der Waals surface area (Å²) in [5.74, 6) is 0.270. The maximum absolute atomic E-state index is 12.1. The van der Waals surface area contributed by atoms with Crippen LogP contribution in [0.15, 0.2) is 48.5 Å². The molecular weight excluding hydrogens is 234 g/mol. The normalized spacial score (nSPS) is 12.9. The molecule has 1 atom stereocenters. The second-order valence-electron chi connectivity index (χ2n) is 4.90. The Bertz CT molecular complexity index is 701.